The average Bonchev–Trinajstić information content (AvgIpc) is 2.56. The van der Waals surface area contributed by atoms with Crippen molar-refractivity contribution in [1.82, 2.24) is 10.2 Å². The van der Waals surface area contributed by atoms with Gasteiger partial charge in [0.1, 0.15) is 0 Å². The van der Waals surface area contributed by atoms with Crippen LogP contribution in [0.3, 0.4) is 0 Å². The number of carbonyl (C=O) groups excluding carboxylic acids is 1. The summed E-state index contributed by atoms with van der Waals surface area (Å²) in [6.07, 6.45) is 1.90. The lowest BCUT2D eigenvalue weighted by Crippen LogP contribution is -2.41. The van der Waals surface area contributed by atoms with Crippen molar-refractivity contribution in [2.45, 2.75) is 19.8 Å². The molecular weight excluding hydrogens is 276 g/mol. The smallest absolute Gasteiger partial charge is 0.229 e. The minimum atomic E-state index is -0.0166. The third-order valence-corrected chi connectivity index (χ3v) is 3.94. The second-order valence-corrected chi connectivity index (χ2v) is 5.67. The maximum Gasteiger partial charge on any atom is 0.229 e. The summed E-state index contributed by atoms with van der Waals surface area (Å²) >= 11 is 0. The van der Waals surface area contributed by atoms with Crippen LogP contribution < -0.4 is 10.2 Å². The van der Waals surface area contributed by atoms with Crippen LogP contribution in [0.5, 0.6) is 0 Å². The van der Waals surface area contributed by atoms with E-state index < -0.39 is 0 Å². The molecule has 5 heteroatoms. The highest BCUT2D eigenvalue weighted by Crippen LogP contribution is 2.22. The van der Waals surface area contributed by atoms with Gasteiger partial charge in [-0.15, -0.1) is 5.10 Å². The van der Waals surface area contributed by atoms with Crippen molar-refractivity contribution >= 4 is 17.4 Å². The average molecular weight is 296 g/mol. The molecule has 0 radical (unpaired) electrons. The standard InChI is InChI=1S/C17H20N4O/c1-13-9-10-16(20-19-13)21-11-5-6-14(12-21)17(22)18-15-7-3-2-4-8-15/h2-4,7-10,14H,5-6,11-12H2,1H3,(H,18,22). The molecule has 1 atom stereocenters. The summed E-state index contributed by atoms with van der Waals surface area (Å²) < 4.78 is 0. The number of carbonyl (C=O) groups is 1. The van der Waals surface area contributed by atoms with E-state index in [4.69, 9.17) is 0 Å². The largest absolute Gasteiger partial charge is 0.354 e. The first-order valence-electron chi connectivity index (χ1n) is 7.63. The van der Waals surface area contributed by atoms with Crippen molar-refractivity contribution < 1.29 is 4.79 Å². The number of hydrogen-bond acceptors (Lipinski definition) is 4. The molecule has 1 fully saturated rings. The number of nitrogens with zero attached hydrogens (tertiary/aromatic N) is 3. The second kappa shape index (κ2) is 6.56. The van der Waals surface area contributed by atoms with E-state index in [-0.39, 0.29) is 11.8 Å². The first kappa shape index (κ1) is 14.5. The molecule has 1 saturated heterocycles. The molecule has 0 bridgehead atoms. The SMILES string of the molecule is Cc1ccc(N2CCCC(C(=O)Nc3ccccc3)C2)nn1. The van der Waals surface area contributed by atoms with Gasteiger partial charge in [-0.05, 0) is 44.0 Å². The molecular formula is C17H20N4O. The highest BCUT2D eigenvalue weighted by atomic mass is 16.1. The van der Waals surface area contributed by atoms with E-state index in [0.717, 1.165) is 36.6 Å². The molecule has 0 aliphatic carbocycles. The third kappa shape index (κ3) is 3.42. The Balaban J connectivity index is 1.65. The summed E-state index contributed by atoms with van der Waals surface area (Å²) in [5, 5.41) is 11.3. The molecule has 1 aromatic heterocycles. The summed E-state index contributed by atoms with van der Waals surface area (Å²) in [4.78, 5) is 14.6. The first-order chi connectivity index (χ1) is 10.7. The Morgan fingerprint density at radius 2 is 2.00 bits per heavy atom. The second-order valence-electron chi connectivity index (χ2n) is 5.67. The van der Waals surface area contributed by atoms with Gasteiger partial charge in [-0.2, -0.15) is 5.10 Å². The monoisotopic (exact) mass is 296 g/mol. The third-order valence-electron chi connectivity index (χ3n) is 3.94. The Kier molecular flexibility index (Phi) is 4.32. The van der Waals surface area contributed by atoms with Crippen LogP contribution in [0, 0.1) is 12.8 Å². The number of rotatable bonds is 3. The van der Waals surface area contributed by atoms with Crippen LogP contribution in [0.2, 0.25) is 0 Å². The van der Waals surface area contributed by atoms with Crippen LogP contribution >= 0.6 is 0 Å². The van der Waals surface area contributed by atoms with E-state index in [0.29, 0.717) is 6.54 Å². The van der Waals surface area contributed by atoms with Crippen molar-refractivity contribution in [3.63, 3.8) is 0 Å². The lowest BCUT2D eigenvalue weighted by molar-refractivity contribution is -0.120. The zero-order valence-corrected chi connectivity index (χ0v) is 12.7. The predicted molar refractivity (Wildman–Crippen MR) is 86.8 cm³/mol. The fourth-order valence-electron chi connectivity index (χ4n) is 2.73. The Bertz CT molecular complexity index is 627. The van der Waals surface area contributed by atoms with Gasteiger partial charge in [-0.25, -0.2) is 0 Å². The summed E-state index contributed by atoms with van der Waals surface area (Å²) in [6, 6.07) is 13.5. The van der Waals surface area contributed by atoms with Gasteiger partial charge >= 0.3 is 0 Å². The molecule has 1 aliphatic heterocycles. The highest BCUT2D eigenvalue weighted by Gasteiger charge is 2.26. The van der Waals surface area contributed by atoms with Gasteiger partial charge in [0.25, 0.3) is 0 Å². The first-order valence-corrected chi connectivity index (χ1v) is 7.63. The summed E-state index contributed by atoms with van der Waals surface area (Å²) in [6.45, 7) is 3.53. The fraction of sp³-hybridized carbons (Fsp3) is 0.353. The van der Waals surface area contributed by atoms with Crippen LogP contribution in [-0.4, -0.2) is 29.2 Å². The quantitative estimate of drug-likeness (QED) is 0.946. The Morgan fingerprint density at radius 3 is 2.73 bits per heavy atom. The molecule has 1 aromatic carbocycles. The van der Waals surface area contributed by atoms with Gasteiger partial charge in [0.15, 0.2) is 5.82 Å². The summed E-state index contributed by atoms with van der Waals surface area (Å²) in [5.74, 6) is 0.913. The van der Waals surface area contributed by atoms with Gasteiger partial charge in [0, 0.05) is 18.8 Å². The van der Waals surface area contributed by atoms with E-state index in [1.165, 1.54) is 0 Å². The maximum atomic E-state index is 12.4. The van der Waals surface area contributed by atoms with Crippen molar-refractivity contribution in [3.8, 4) is 0 Å². The molecule has 2 aromatic rings. The minimum Gasteiger partial charge on any atom is -0.354 e. The van der Waals surface area contributed by atoms with E-state index in [1.54, 1.807) is 0 Å². The van der Waals surface area contributed by atoms with Crippen molar-refractivity contribution in [2.24, 2.45) is 5.92 Å². The number of piperidine rings is 1. The lowest BCUT2D eigenvalue weighted by Gasteiger charge is -2.32. The topological polar surface area (TPSA) is 58.1 Å². The molecule has 0 saturated carbocycles. The molecule has 114 valence electrons. The van der Waals surface area contributed by atoms with Crippen molar-refractivity contribution in [1.29, 1.82) is 0 Å². The van der Waals surface area contributed by atoms with Crippen LogP contribution in [0.4, 0.5) is 11.5 Å². The van der Waals surface area contributed by atoms with Crippen LogP contribution in [-0.2, 0) is 4.79 Å². The Hall–Kier alpha value is -2.43. The zero-order valence-electron chi connectivity index (χ0n) is 12.7. The Labute approximate surface area is 130 Å². The maximum absolute atomic E-state index is 12.4. The van der Waals surface area contributed by atoms with Gasteiger partial charge in [0.2, 0.25) is 5.91 Å². The van der Waals surface area contributed by atoms with Crippen LogP contribution in [0.1, 0.15) is 18.5 Å². The molecule has 1 unspecified atom stereocenters. The fourth-order valence-corrected chi connectivity index (χ4v) is 2.73. The number of hydrogen-bond donors (Lipinski definition) is 1. The molecule has 22 heavy (non-hydrogen) atoms. The molecule has 1 aliphatic rings. The number of nitrogens with one attached hydrogen (secondary N) is 1. The molecule has 1 amide bonds. The van der Waals surface area contributed by atoms with Crippen molar-refractivity contribution in [3.05, 3.63) is 48.2 Å². The summed E-state index contributed by atoms with van der Waals surface area (Å²) in [5.41, 5.74) is 1.75. The lowest BCUT2D eigenvalue weighted by atomic mass is 9.97. The number of para-hydroxylation sites is 1. The number of benzene rings is 1. The Morgan fingerprint density at radius 1 is 1.18 bits per heavy atom. The van der Waals surface area contributed by atoms with Gasteiger partial charge < -0.3 is 10.2 Å². The van der Waals surface area contributed by atoms with Crippen molar-refractivity contribution in [2.75, 3.05) is 23.3 Å². The number of aryl methyl sites for hydroxylation is 1. The number of amides is 1. The normalized spacial score (nSPS) is 18.0. The van der Waals surface area contributed by atoms with E-state index in [1.807, 2.05) is 49.4 Å². The highest BCUT2D eigenvalue weighted by molar-refractivity contribution is 5.93. The van der Waals surface area contributed by atoms with Gasteiger partial charge in [-0.3, -0.25) is 4.79 Å². The molecule has 0 spiro atoms. The number of aromatic nitrogens is 2. The van der Waals surface area contributed by atoms with Gasteiger partial charge in [0.05, 0.1) is 11.6 Å². The molecule has 3 rings (SSSR count). The van der Waals surface area contributed by atoms with Crippen LogP contribution in [0.15, 0.2) is 42.5 Å². The summed E-state index contributed by atoms with van der Waals surface area (Å²) in [7, 11) is 0. The van der Waals surface area contributed by atoms with E-state index >= 15 is 0 Å². The van der Waals surface area contributed by atoms with E-state index in [2.05, 4.69) is 20.4 Å². The van der Waals surface area contributed by atoms with Gasteiger partial charge in [-0.1, -0.05) is 18.2 Å². The minimum absolute atomic E-state index is 0.0166. The predicted octanol–water partition coefficient (Wildman–Crippen LogP) is 2.64. The van der Waals surface area contributed by atoms with E-state index in [9.17, 15) is 4.79 Å². The zero-order chi connectivity index (χ0) is 15.4. The number of anilines is 2. The molecule has 5 nitrogen and oxygen atoms in total. The molecule has 1 N–H and O–H groups in total. The molecule has 2 heterocycles. The van der Waals surface area contributed by atoms with Crippen LogP contribution in [0.25, 0.3) is 0 Å².